The number of hydrogen-bond donors (Lipinski definition) is 0. The van der Waals surface area contributed by atoms with Gasteiger partial charge in [0.1, 0.15) is 5.69 Å². The Morgan fingerprint density at radius 1 is 1.28 bits per heavy atom. The summed E-state index contributed by atoms with van der Waals surface area (Å²) in [6, 6.07) is 5.59. The SMILES string of the molecule is Cn1nccc1C(=O)N1C[C@@H]2CCN(Cc3cccnc3)C(=O)[C@@H]2C1. The highest BCUT2D eigenvalue weighted by molar-refractivity contribution is 5.93. The van der Waals surface area contributed by atoms with Crippen molar-refractivity contribution >= 4 is 11.8 Å². The lowest BCUT2D eigenvalue weighted by atomic mass is 9.88. The van der Waals surface area contributed by atoms with Crippen LogP contribution in [-0.2, 0) is 18.4 Å². The van der Waals surface area contributed by atoms with Crippen molar-refractivity contribution in [2.24, 2.45) is 18.9 Å². The Hall–Kier alpha value is -2.70. The van der Waals surface area contributed by atoms with Gasteiger partial charge < -0.3 is 9.80 Å². The maximum Gasteiger partial charge on any atom is 0.272 e. The average molecular weight is 339 g/mol. The van der Waals surface area contributed by atoms with Gasteiger partial charge in [-0.05, 0) is 30.0 Å². The van der Waals surface area contributed by atoms with E-state index in [1.165, 1.54) is 0 Å². The average Bonchev–Trinajstić information content (AvgIpc) is 3.24. The largest absolute Gasteiger partial charge is 0.338 e. The van der Waals surface area contributed by atoms with E-state index in [0.717, 1.165) is 18.5 Å². The molecule has 2 atom stereocenters. The number of aromatic nitrogens is 3. The fraction of sp³-hybridized carbons (Fsp3) is 0.444. The molecule has 2 fully saturated rings. The monoisotopic (exact) mass is 339 g/mol. The zero-order valence-electron chi connectivity index (χ0n) is 14.2. The van der Waals surface area contributed by atoms with E-state index in [9.17, 15) is 9.59 Å². The van der Waals surface area contributed by atoms with E-state index < -0.39 is 0 Å². The molecule has 4 heterocycles. The van der Waals surface area contributed by atoms with Crippen LogP contribution in [0.3, 0.4) is 0 Å². The number of nitrogens with zero attached hydrogens (tertiary/aromatic N) is 5. The minimum absolute atomic E-state index is 0.0407. The third kappa shape index (κ3) is 2.90. The van der Waals surface area contributed by atoms with Gasteiger partial charge in [0.15, 0.2) is 0 Å². The molecule has 2 amide bonds. The molecule has 0 bridgehead atoms. The highest BCUT2D eigenvalue weighted by Crippen LogP contribution is 2.33. The lowest BCUT2D eigenvalue weighted by Gasteiger charge is -2.33. The number of amides is 2. The van der Waals surface area contributed by atoms with Gasteiger partial charge in [-0.15, -0.1) is 0 Å². The van der Waals surface area contributed by atoms with Gasteiger partial charge in [-0.2, -0.15) is 5.10 Å². The standard InChI is InChI=1S/C18H21N5O2/c1-21-16(4-7-20-21)18(25)23-11-14-5-8-22(17(24)15(14)12-23)10-13-3-2-6-19-9-13/h2-4,6-7,9,14-15H,5,8,10-12H2,1H3/t14-,15+/m0/s1. The van der Waals surface area contributed by atoms with Crippen LogP contribution in [0, 0.1) is 11.8 Å². The highest BCUT2D eigenvalue weighted by atomic mass is 16.2. The van der Waals surface area contributed by atoms with Crippen molar-refractivity contribution in [3.63, 3.8) is 0 Å². The molecular formula is C18H21N5O2. The molecule has 25 heavy (non-hydrogen) atoms. The van der Waals surface area contributed by atoms with E-state index in [2.05, 4.69) is 10.1 Å². The molecular weight excluding hydrogens is 318 g/mol. The molecule has 2 aliphatic heterocycles. The summed E-state index contributed by atoms with van der Waals surface area (Å²) in [4.78, 5) is 33.4. The van der Waals surface area contributed by atoms with Gasteiger partial charge >= 0.3 is 0 Å². The smallest absolute Gasteiger partial charge is 0.272 e. The maximum absolute atomic E-state index is 12.9. The van der Waals surface area contributed by atoms with Gasteiger partial charge in [0.05, 0.1) is 5.92 Å². The maximum atomic E-state index is 12.9. The second-order valence-electron chi connectivity index (χ2n) is 6.83. The Morgan fingerprint density at radius 2 is 2.16 bits per heavy atom. The summed E-state index contributed by atoms with van der Waals surface area (Å²) in [7, 11) is 1.76. The Labute approximate surface area is 146 Å². The van der Waals surface area contributed by atoms with Crippen molar-refractivity contribution in [1.82, 2.24) is 24.6 Å². The number of hydrogen-bond acceptors (Lipinski definition) is 4. The van der Waals surface area contributed by atoms with Crippen molar-refractivity contribution in [1.29, 1.82) is 0 Å². The first-order valence-electron chi connectivity index (χ1n) is 8.58. The zero-order valence-corrected chi connectivity index (χ0v) is 14.2. The summed E-state index contributed by atoms with van der Waals surface area (Å²) in [6.45, 7) is 2.48. The molecule has 0 spiro atoms. The Balaban J connectivity index is 1.45. The second-order valence-corrected chi connectivity index (χ2v) is 6.83. The van der Waals surface area contributed by atoms with Gasteiger partial charge in [-0.1, -0.05) is 6.07 Å². The number of piperidine rings is 1. The van der Waals surface area contributed by atoms with Gasteiger partial charge in [-0.3, -0.25) is 19.3 Å². The molecule has 0 aromatic carbocycles. The van der Waals surface area contributed by atoms with E-state index in [-0.39, 0.29) is 23.7 Å². The summed E-state index contributed by atoms with van der Waals surface area (Å²) in [5, 5.41) is 4.06. The molecule has 2 aromatic heterocycles. The molecule has 0 radical (unpaired) electrons. The molecule has 2 aliphatic rings. The molecule has 0 saturated carbocycles. The molecule has 0 N–H and O–H groups in total. The number of aryl methyl sites for hydroxylation is 1. The topological polar surface area (TPSA) is 71.3 Å². The van der Waals surface area contributed by atoms with Crippen LogP contribution in [0.5, 0.6) is 0 Å². The molecule has 0 aliphatic carbocycles. The molecule has 2 aromatic rings. The van der Waals surface area contributed by atoms with Crippen LogP contribution in [0.4, 0.5) is 0 Å². The third-order valence-electron chi connectivity index (χ3n) is 5.26. The predicted octanol–water partition coefficient (Wildman–Crippen LogP) is 0.936. The number of rotatable bonds is 3. The van der Waals surface area contributed by atoms with E-state index in [4.69, 9.17) is 0 Å². The summed E-state index contributed by atoms with van der Waals surface area (Å²) in [5.41, 5.74) is 1.61. The van der Waals surface area contributed by atoms with Crippen LogP contribution < -0.4 is 0 Å². The van der Waals surface area contributed by atoms with Gasteiger partial charge in [0.2, 0.25) is 5.91 Å². The number of fused-ring (bicyclic) bond motifs is 1. The minimum atomic E-state index is -0.0948. The zero-order chi connectivity index (χ0) is 17.4. The Morgan fingerprint density at radius 3 is 2.88 bits per heavy atom. The van der Waals surface area contributed by atoms with Crippen molar-refractivity contribution < 1.29 is 9.59 Å². The van der Waals surface area contributed by atoms with Crippen molar-refractivity contribution in [2.75, 3.05) is 19.6 Å². The summed E-state index contributed by atoms with van der Waals surface area (Å²) >= 11 is 0. The normalized spacial score (nSPS) is 23.0. The lowest BCUT2D eigenvalue weighted by molar-refractivity contribution is -0.140. The summed E-state index contributed by atoms with van der Waals surface area (Å²) in [6.07, 6.45) is 6.09. The summed E-state index contributed by atoms with van der Waals surface area (Å²) in [5.74, 6) is 0.277. The van der Waals surface area contributed by atoms with Gasteiger partial charge in [0.25, 0.3) is 5.91 Å². The van der Waals surface area contributed by atoms with Crippen LogP contribution in [-0.4, -0.2) is 56.0 Å². The molecule has 7 nitrogen and oxygen atoms in total. The number of pyridine rings is 1. The Bertz CT molecular complexity index is 788. The number of carbonyl (C=O) groups is 2. The van der Waals surface area contributed by atoms with Crippen molar-refractivity contribution in [3.8, 4) is 0 Å². The minimum Gasteiger partial charge on any atom is -0.338 e. The summed E-state index contributed by atoms with van der Waals surface area (Å²) < 4.78 is 1.58. The highest BCUT2D eigenvalue weighted by Gasteiger charge is 2.44. The first-order valence-corrected chi connectivity index (χ1v) is 8.58. The van der Waals surface area contributed by atoms with Gasteiger partial charge in [0, 0.05) is 51.8 Å². The quantitative estimate of drug-likeness (QED) is 0.834. The van der Waals surface area contributed by atoms with Crippen molar-refractivity contribution in [2.45, 2.75) is 13.0 Å². The molecule has 7 heteroatoms. The van der Waals surface area contributed by atoms with E-state index in [1.807, 2.05) is 17.0 Å². The van der Waals surface area contributed by atoms with E-state index >= 15 is 0 Å². The van der Waals surface area contributed by atoms with Crippen LogP contribution in [0.15, 0.2) is 36.8 Å². The lowest BCUT2D eigenvalue weighted by Crippen LogP contribution is -2.44. The Kier molecular flexibility index (Phi) is 3.99. The fourth-order valence-electron chi connectivity index (χ4n) is 3.89. The number of carbonyl (C=O) groups excluding carboxylic acids is 2. The van der Waals surface area contributed by atoms with Crippen LogP contribution in [0.1, 0.15) is 22.5 Å². The van der Waals surface area contributed by atoms with Crippen molar-refractivity contribution in [3.05, 3.63) is 48.0 Å². The van der Waals surface area contributed by atoms with Crippen LogP contribution >= 0.6 is 0 Å². The molecule has 130 valence electrons. The van der Waals surface area contributed by atoms with Crippen LogP contribution in [0.25, 0.3) is 0 Å². The molecule has 4 rings (SSSR count). The van der Waals surface area contributed by atoms with E-state index in [0.29, 0.717) is 25.3 Å². The van der Waals surface area contributed by atoms with E-state index in [1.54, 1.807) is 41.3 Å². The molecule has 0 unspecified atom stereocenters. The predicted molar refractivity (Wildman–Crippen MR) is 90.4 cm³/mol. The number of likely N-dealkylation sites (tertiary alicyclic amines) is 2. The first kappa shape index (κ1) is 15.8. The molecule has 2 saturated heterocycles. The van der Waals surface area contributed by atoms with Crippen LogP contribution in [0.2, 0.25) is 0 Å². The fourth-order valence-corrected chi connectivity index (χ4v) is 3.89. The third-order valence-corrected chi connectivity index (χ3v) is 5.26. The first-order chi connectivity index (χ1) is 12.1. The van der Waals surface area contributed by atoms with Gasteiger partial charge in [-0.25, -0.2) is 0 Å². The second kappa shape index (κ2) is 6.31.